The summed E-state index contributed by atoms with van der Waals surface area (Å²) >= 11 is 0. The number of anilines is 2. The molecule has 0 radical (unpaired) electrons. The second-order valence-corrected chi connectivity index (χ2v) is 12.6. The molecule has 0 saturated carbocycles. The van der Waals surface area contributed by atoms with Crippen LogP contribution in [0.1, 0.15) is 40.9 Å². The van der Waals surface area contributed by atoms with Gasteiger partial charge in [-0.1, -0.05) is 6.07 Å². The van der Waals surface area contributed by atoms with Crippen molar-refractivity contribution in [2.75, 3.05) is 49.2 Å². The van der Waals surface area contributed by atoms with Gasteiger partial charge < -0.3 is 10.2 Å². The number of nitrogens with one attached hydrogen (secondary N) is 1. The molecule has 0 aliphatic carbocycles. The normalized spacial score (nSPS) is 20.2. The molecule has 2 fully saturated rings. The van der Waals surface area contributed by atoms with Crippen LogP contribution in [0.4, 0.5) is 42.2 Å². The van der Waals surface area contributed by atoms with Crippen LogP contribution in [-0.4, -0.2) is 81.9 Å². The van der Waals surface area contributed by atoms with E-state index in [2.05, 4.69) is 19.9 Å². The molecule has 2 amide bonds. The zero-order valence-corrected chi connectivity index (χ0v) is 23.3. The molecule has 230 valence electrons. The second-order valence-electron chi connectivity index (χ2n) is 10.3. The molecule has 3 heterocycles. The van der Waals surface area contributed by atoms with E-state index >= 15 is 0 Å². The Kier molecular flexibility index (Phi) is 8.57. The zero-order chi connectivity index (χ0) is 31.1. The molecular formula is C25H27F7N6O3S. The molecule has 2 saturated heterocycles. The Balaban J connectivity index is 1.62. The molecule has 1 unspecified atom stereocenters. The van der Waals surface area contributed by atoms with Gasteiger partial charge in [-0.2, -0.15) is 17.5 Å². The number of hydrogen-bond acceptors (Lipinski definition) is 7. The molecule has 2 aliphatic rings. The summed E-state index contributed by atoms with van der Waals surface area (Å²) in [6.45, 7) is -0.949. The minimum absolute atomic E-state index is 0.00508. The van der Waals surface area contributed by atoms with E-state index in [-0.39, 0.29) is 35.9 Å². The zero-order valence-electron chi connectivity index (χ0n) is 22.5. The SMILES string of the molecule is Cc1c(C(F)(F)F)nnc(N2CCCC(F)(F)CC2)c1C(=O)Nc1cccc(S(C)(=O)=NC(=O)CN2CC(F)(F)C2)c1. The Morgan fingerprint density at radius 2 is 1.76 bits per heavy atom. The summed E-state index contributed by atoms with van der Waals surface area (Å²) in [5.74, 6) is -8.11. The van der Waals surface area contributed by atoms with Gasteiger partial charge in [0.05, 0.1) is 34.9 Å². The van der Waals surface area contributed by atoms with Crippen LogP contribution in [0.25, 0.3) is 0 Å². The maximum atomic E-state index is 14.0. The van der Waals surface area contributed by atoms with Gasteiger partial charge in [0.15, 0.2) is 11.5 Å². The minimum atomic E-state index is -4.95. The van der Waals surface area contributed by atoms with Gasteiger partial charge in [0, 0.05) is 42.8 Å². The molecule has 17 heteroatoms. The highest BCUT2D eigenvalue weighted by Crippen LogP contribution is 2.36. The summed E-state index contributed by atoms with van der Waals surface area (Å²) < 4.78 is 112. The third kappa shape index (κ3) is 7.35. The average molecular weight is 625 g/mol. The number of aromatic nitrogens is 2. The molecule has 1 aromatic heterocycles. The summed E-state index contributed by atoms with van der Waals surface area (Å²) in [7, 11) is -3.41. The Hall–Kier alpha value is -3.34. The van der Waals surface area contributed by atoms with Crippen LogP contribution >= 0.6 is 0 Å². The van der Waals surface area contributed by atoms with Crippen molar-refractivity contribution < 1.29 is 44.5 Å². The topological polar surface area (TPSA) is 108 Å². The van der Waals surface area contributed by atoms with Gasteiger partial charge in [0.25, 0.3) is 17.7 Å². The smallest absolute Gasteiger partial charge is 0.354 e. The first-order valence-corrected chi connectivity index (χ1v) is 14.6. The van der Waals surface area contributed by atoms with Gasteiger partial charge in [-0.05, 0) is 37.1 Å². The highest BCUT2D eigenvalue weighted by molar-refractivity contribution is 7.93. The van der Waals surface area contributed by atoms with E-state index in [1.165, 1.54) is 29.2 Å². The van der Waals surface area contributed by atoms with Crippen LogP contribution in [0.15, 0.2) is 33.5 Å². The maximum absolute atomic E-state index is 14.0. The van der Waals surface area contributed by atoms with Gasteiger partial charge in [0.1, 0.15) is 0 Å². The van der Waals surface area contributed by atoms with Crippen LogP contribution in [0, 0.1) is 6.92 Å². The lowest BCUT2D eigenvalue weighted by molar-refractivity contribution is -0.143. The Morgan fingerprint density at radius 1 is 1.07 bits per heavy atom. The quantitative estimate of drug-likeness (QED) is 0.468. The molecule has 0 bridgehead atoms. The second kappa shape index (κ2) is 11.4. The highest BCUT2D eigenvalue weighted by atomic mass is 32.2. The standard InChI is InChI=1S/C25H27F7N6O3S/c1-15-19(21(35-34-20(15)25(30,31)32)38-9-4-7-23(26,27)8-10-38)22(40)33-16-5-3-6-17(11-16)42(2,41)36-18(39)12-37-13-24(28,29)14-37/h3,5-6,11H,4,7-10,12-14H2,1-2H3,(H,33,40). The van der Waals surface area contributed by atoms with E-state index < -0.39 is 88.9 Å². The lowest BCUT2D eigenvalue weighted by Crippen LogP contribution is -2.57. The fraction of sp³-hybridized carbons (Fsp3) is 0.520. The lowest BCUT2D eigenvalue weighted by atomic mass is 10.1. The molecule has 2 aliphatic heterocycles. The van der Waals surface area contributed by atoms with Crippen molar-refractivity contribution in [3.63, 3.8) is 0 Å². The highest BCUT2D eigenvalue weighted by Gasteiger charge is 2.44. The fourth-order valence-electron chi connectivity index (χ4n) is 4.74. The number of likely N-dealkylation sites (tertiary alicyclic amines) is 1. The van der Waals surface area contributed by atoms with Gasteiger partial charge >= 0.3 is 6.18 Å². The third-order valence-electron chi connectivity index (χ3n) is 6.79. The number of carbonyl (C=O) groups is 2. The van der Waals surface area contributed by atoms with Crippen LogP contribution in [-0.2, 0) is 20.7 Å². The summed E-state index contributed by atoms with van der Waals surface area (Å²) in [6.07, 6.45) is -4.84. The van der Waals surface area contributed by atoms with Crippen molar-refractivity contribution in [1.82, 2.24) is 15.1 Å². The van der Waals surface area contributed by atoms with Crippen molar-refractivity contribution >= 4 is 33.0 Å². The van der Waals surface area contributed by atoms with E-state index in [9.17, 15) is 44.5 Å². The molecule has 2 aromatic rings. The summed E-state index contributed by atoms with van der Waals surface area (Å²) in [5, 5.41) is 9.28. The Labute approximate surface area is 236 Å². The molecule has 1 aromatic carbocycles. The first kappa shape index (κ1) is 31.6. The average Bonchev–Trinajstić information content (AvgIpc) is 3.01. The fourth-order valence-corrected chi connectivity index (χ4v) is 5.97. The molecule has 9 nitrogen and oxygen atoms in total. The Morgan fingerprint density at radius 3 is 2.40 bits per heavy atom. The van der Waals surface area contributed by atoms with Crippen LogP contribution in [0.3, 0.4) is 0 Å². The number of nitrogens with zero attached hydrogens (tertiary/aromatic N) is 5. The van der Waals surface area contributed by atoms with Crippen molar-refractivity contribution in [1.29, 1.82) is 0 Å². The first-order chi connectivity index (χ1) is 19.4. The van der Waals surface area contributed by atoms with Gasteiger partial charge in [0.2, 0.25) is 5.92 Å². The number of hydrogen-bond donors (Lipinski definition) is 1. The summed E-state index contributed by atoms with van der Waals surface area (Å²) in [4.78, 5) is 28.1. The van der Waals surface area contributed by atoms with Crippen molar-refractivity contribution in [2.24, 2.45) is 4.36 Å². The van der Waals surface area contributed by atoms with E-state index in [1.54, 1.807) is 0 Å². The van der Waals surface area contributed by atoms with Crippen molar-refractivity contribution in [3.8, 4) is 0 Å². The number of rotatable bonds is 6. The van der Waals surface area contributed by atoms with Crippen molar-refractivity contribution in [2.45, 2.75) is 49.1 Å². The molecular weight excluding hydrogens is 597 g/mol. The minimum Gasteiger partial charge on any atom is -0.354 e. The predicted octanol–water partition coefficient (Wildman–Crippen LogP) is 4.62. The molecule has 1 N–H and O–H groups in total. The third-order valence-corrected chi connectivity index (χ3v) is 8.47. The molecule has 0 spiro atoms. The molecule has 4 rings (SSSR count). The summed E-state index contributed by atoms with van der Waals surface area (Å²) in [5.41, 5.74) is -2.51. The number of carbonyl (C=O) groups excluding carboxylic acids is 2. The summed E-state index contributed by atoms with van der Waals surface area (Å²) in [6, 6.07) is 5.26. The van der Waals surface area contributed by atoms with Gasteiger partial charge in [-0.25, -0.2) is 21.8 Å². The van der Waals surface area contributed by atoms with Crippen LogP contribution < -0.4 is 10.2 Å². The largest absolute Gasteiger partial charge is 0.435 e. The van der Waals surface area contributed by atoms with E-state index in [0.29, 0.717) is 0 Å². The first-order valence-electron chi connectivity index (χ1n) is 12.7. The van der Waals surface area contributed by atoms with Crippen LogP contribution in [0.2, 0.25) is 0 Å². The van der Waals surface area contributed by atoms with E-state index in [1.807, 2.05) is 0 Å². The predicted molar refractivity (Wildman–Crippen MR) is 138 cm³/mol. The number of halogens is 7. The van der Waals surface area contributed by atoms with Gasteiger partial charge in [-0.15, -0.1) is 10.2 Å². The van der Waals surface area contributed by atoms with E-state index in [4.69, 9.17) is 0 Å². The monoisotopic (exact) mass is 624 g/mol. The Bertz CT molecular complexity index is 1500. The molecule has 42 heavy (non-hydrogen) atoms. The maximum Gasteiger partial charge on any atom is 0.435 e. The number of alkyl halides is 7. The van der Waals surface area contributed by atoms with Gasteiger partial charge in [-0.3, -0.25) is 14.5 Å². The number of amides is 2. The van der Waals surface area contributed by atoms with E-state index in [0.717, 1.165) is 18.1 Å². The van der Waals surface area contributed by atoms with Crippen LogP contribution in [0.5, 0.6) is 0 Å². The van der Waals surface area contributed by atoms with Crippen molar-refractivity contribution in [3.05, 3.63) is 41.1 Å². The lowest BCUT2D eigenvalue weighted by Gasteiger charge is -2.37. The number of benzene rings is 1. The molecule has 1 atom stereocenters.